The highest BCUT2D eigenvalue weighted by molar-refractivity contribution is 5.95. The zero-order valence-electron chi connectivity index (χ0n) is 15.9. The van der Waals surface area contributed by atoms with Crippen molar-refractivity contribution in [1.82, 2.24) is 4.98 Å². The molecule has 1 saturated heterocycles. The molecule has 28 heavy (non-hydrogen) atoms. The van der Waals surface area contributed by atoms with Crippen LogP contribution in [0.1, 0.15) is 24.0 Å². The number of hydrogen-bond acceptors (Lipinski definition) is 4. The zero-order chi connectivity index (χ0) is 19.7. The highest BCUT2D eigenvalue weighted by Crippen LogP contribution is 2.34. The lowest BCUT2D eigenvalue weighted by Crippen LogP contribution is -2.23. The molecular weight excluding hydrogens is 359 g/mol. The average molecular weight is 380 g/mol. The Morgan fingerprint density at radius 3 is 2.54 bits per heavy atom. The van der Waals surface area contributed by atoms with Crippen LogP contribution in [0.2, 0.25) is 0 Å². The normalized spacial score (nSPS) is 14.0. The highest BCUT2D eigenvalue weighted by Gasteiger charge is 2.22. The van der Waals surface area contributed by atoms with Crippen molar-refractivity contribution in [2.24, 2.45) is 0 Å². The van der Waals surface area contributed by atoms with Crippen molar-refractivity contribution in [1.29, 1.82) is 0 Å². The van der Waals surface area contributed by atoms with Crippen molar-refractivity contribution < 1.29 is 18.7 Å². The first-order chi connectivity index (χ1) is 13.6. The Balaban J connectivity index is 1.69. The molecule has 0 N–H and O–H groups in total. The van der Waals surface area contributed by atoms with E-state index in [1.54, 1.807) is 31.4 Å². The van der Waals surface area contributed by atoms with Gasteiger partial charge in [0.15, 0.2) is 11.5 Å². The van der Waals surface area contributed by atoms with Gasteiger partial charge in [-0.25, -0.2) is 4.39 Å². The molecule has 2 heterocycles. The number of aromatic nitrogens is 1. The van der Waals surface area contributed by atoms with Gasteiger partial charge in [0.25, 0.3) is 0 Å². The summed E-state index contributed by atoms with van der Waals surface area (Å²) in [4.78, 5) is 17.9. The van der Waals surface area contributed by atoms with Gasteiger partial charge in [0.05, 0.1) is 19.7 Å². The number of benzene rings is 2. The van der Waals surface area contributed by atoms with E-state index in [0.717, 1.165) is 22.9 Å². The first kappa shape index (κ1) is 18.2. The Morgan fingerprint density at radius 2 is 1.86 bits per heavy atom. The maximum Gasteiger partial charge on any atom is 0.227 e. The molecule has 0 spiro atoms. The smallest absolute Gasteiger partial charge is 0.227 e. The highest BCUT2D eigenvalue weighted by atomic mass is 19.1. The second kappa shape index (κ2) is 7.46. The fourth-order valence-electron chi connectivity index (χ4n) is 3.66. The molecule has 0 atom stereocenters. The summed E-state index contributed by atoms with van der Waals surface area (Å²) in [5, 5.41) is 0.887. The predicted molar refractivity (Wildman–Crippen MR) is 106 cm³/mol. The molecule has 0 aliphatic carbocycles. The Bertz CT molecular complexity index is 1050. The third-order valence-corrected chi connectivity index (χ3v) is 5.14. The average Bonchev–Trinajstić information content (AvgIpc) is 3.14. The van der Waals surface area contributed by atoms with Gasteiger partial charge in [-0.05, 0) is 41.8 Å². The lowest BCUT2D eigenvalue weighted by atomic mass is 10.00. The topological polar surface area (TPSA) is 51.7 Å². The molecule has 4 rings (SSSR count). The minimum atomic E-state index is -0.317. The molecule has 0 unspecified atom stereocenters. The molecule has 1 amide bonds. The van der Waals surface area contributed by atoms with Gasteiger partial charge in [-0.3, -0.25) is 9.78 Å². The number of hydrogen-bond donors (Lipinski definition) is 0. The Hall–Kier alpha value is -3.15. The fraction of sp³-hybridized carbons (Fsp3) is 0.273. The van der Waals surface area contributed by atoms with E-state index in [1.165, 1.54) is 6.07 Å². The lowest BCUT2D eigenvalue weighted by molar-refractivity contribution is -0.117. The standard InChI is InChI=1S/C22H21FN2O3/c1-27-20-12-17-14(7-8-24-19(17)13-21(20)28-2)10-15-5-6-16(11-18(15)23)25-9-3-4-22(25)26/h5-8,11-13H,3-4,9-10H2,1-2H3. The molecule has 6 heteroatoms. The van der Waals surface area contributed by atoms with Crippen molar-refractivity contribution in [3.8, 4) is 11.5 Å². The molecule has 5 nitrogen and oxygen atoms in total. The molecule has 0 saturated carbocycles. The van der Waals surface area contributed by atoms with Crippen LogP contribution in [-0.4, -0.2) is 31.7 Å². The number of nitrogens with zero attached hydrogens (tertiary/aromatic N) is 2. The van der Waals surface area contributed by atoms with E-state index in [1.807, 2.05) is 24.3 Å². The van der Waals surface area contributed by atoms with E-state index >= 15 is 0 Å². The van der Waals surface area contributed by atoms with Crippen LogP contribution >= 0.6 is 0 Å². The van der Waals surface area contributed by atoms with Gasteiger partial charge in [0.1, 0.15) is 5.82 Å². The third kappa shape index (κ3) is 3.26. The molecule has 0 radical (unpaired) electrons. The number of halogens is 1. The van der Waals surface area contributed by atoms with Crippen molar-refractivity contribution in [2.75, 3.05) is 25.7 Å². The van der Waals surface area contributed by atoms with Crippen LogP contribution in [0.15, 0.2) is 42.6 Å². The predicted octanol–water partition coefficient (Wildman–Crippen LogP) is 4.11. The van der Waals surface area contributed by atoms with Crippen molar-refractivity contribution in [3.63, 3.8) is 0 Å². The number of methoxy groups -OCH3 is 2. The molecular formula is C22H21FN2O3. The van der Waals surface area contributed by atoms with Crippen LogP contribution in [0.5, 0.6) is 11.5 Å². The molecule has 1 aliphatic heterocycles. The summed E-state index contributed by atoms with van der Waals surface area (Å²) < 4.78 is 25.5. The van der Waals surface area contributed by atoms with E-state index in [-0.39, 0.29) is 11.7 Å². The molecule has 1 aliphatic rings. The van der Waals surface area contributed by atoms with E-state index in [9.17, 15) is 9.18 Å². The zero-order valence-corrected chi connectivity index (χ0v) is 15.9. The second-order valence-electron chi connectivity index (χ2n) is 6.80. The van der Waals surface area contributed by atoms with E-state index in [0.29, 0.717) is 42.1 Å². The van der Waals surface area contributed by atoms with Gasteiger partial charge in [-0.1, -0.05) is 6.07 Å². The molecule has 1 fully saturated rings. The quantitative estimate of drug-likeness (QED) is 0.668. The summed E-state index contributed by atoms with van der Waals surface area (Å²) in [7, 11) is 3.16. The van der Waals surface area contributed by atoms with Gasteiger partial charge in [-0.15, -0.1) is 0 Å². The molecule has 0 bridgehead atoms. The molecule has 144 valence electrons. The number of anilines is 1. The summed E-state index contributed by atoms with van der Waals surface area (Å²) >= 11 is 0. The van der Waals surface area contributed by atoms with Gasteiger partial charge >= 0.3 is 0 Å². The fourth-order valence-corrected chi connectivity index (χ4v) is 3.66. The van der Waals surface area contributed by atoms with Crippen LogP contribution in [-0.2, 0) is 11.2 Å². The Kier molecular flexibility index (Phi) is 4.86. The number of carbonyl (C=O) groups excluding carboxylic acids is 1. The van der Waals surface area contributed by atoms with Gasteiger partial charge in [-0.2, -0.15) is 0 Å². The van der Waals surface area contributed by atoms with Crippen LogP contribution in [0.4, 0.5) is 10.1 Å². The molecule has 1 aromatic heterocycles. The number of carbonyl (C=O) groups is 1. The van der Waals surface area contributed by atoms with Crippen molar-refractivity contribution in [3.05, 3.63) is 59.5 Å². The van der Waals surface area contributed by atoms with Crippen molar-refractivity contribution >= 4 is 22.5 Å². The van der Waals surface area contributed by atoms with Crippen LogP contribution < -0.4 is 14.4 Å². The number of pyridine rings is 1. The van der Waals surface area contributed by atoms with Crippen LogP contribution in [0.25, 0.3) is 10.9 Å². The summed E-state index contributed by atoms with van der Waals surface area (Å²) in [6.45, 7) is 0.647. The summed E-state index contributed by atoms with van der Waals surface area (Å²) in [5.41, 5.74) is 2.89. The first-order valence-corrected chi connectivity index (χ1v) is 9.19. The van der Waals surface area contributed by atoms with Crippen molar-refractivity contribution in [2.45, 2.75) is 19.3 Å². The van der Waals surface area contributed by atoms with Crippen LogP contribution in [0.3, 0.4) is 0 Å². The largest absolute Gasteiger partial charge is 0.493 e. The number of ether oxygens (including phenoxy) is 2. The van der Waals surface area contributed by atoms with Gasteiger partial charge in [0, 0.05) is 42.7 Å². The third-order valence-electron chi connectivity index (χ3n) is 5.14. The minimum absolute atomic E-state index is 0.0494. The van der Waals surface area contributed by atoms with E-state index in [2.05, 4.69) is 4.98 Å². The number of amides is 1. The SMILES string of the molecule is COc1cc2nccc(Cc3ccc(N4CCCC4=O)cc3F)c2cc1OC. The maximum absolute atomic E-state index is 14.8. The minimum Gasteiger partial charge on any atom is -0.493 e. The lowest BCUT2D eigenvalue weighted by Gasteiger charge is -2.17. The second-order valence-corrected chi connectivity index (χ2v) is 6.80. The van der Waals surface area contributed by atoms with E-state index in [4.69, 9.17) is 9.47 Å². The summed E-state index contributed by atoms with van der Waals surface area (Å²) in [6.07, 6.45) is 3.46. The number of fused-ring (bicyclic) bond motifs is 1. The monoisotopic (exact) mass is 380 g/mol. The first-order valence-electron chi connectivity index (χ1n) is 9.19. The summed E-state index contributed by atoms with van der Waals surface area (Å²) in [5.74, 6) is 0.939. The van der Waals surface area contributed by atoms with E-state index < -0.39 is 0 Å². The number of rotatable bonds is 5. The summed E-state index contributed by atoms with van der Waals surface area (Å²) in [6, 6.07) is 10.6. The van der Waals surface area contributed by atoms with Gasteiger partial charge < -0.3 is 14.4 Å². The molecule has 3 aromatic rings. The van der Waals surface area contributed by atoms with Gasteiger partial charge in [0.2, 0.25) is 5.91 Å². The molecule has 2 aromatic carbocycles. The Labute approximate surface area is 162 Å². The maximum atomic E-state index is 14.8. The van der Waals surface area contributed by atoms with Crippen LogP contribution in [0, 0.1) is 5.82 Å². The Morgan fingerprint density at radius 1 is 1.07 bits per heavy atom.